The van der Waals surface area contributed by atoms with Gasteiger partial charge in [0.05, 0.1) is 6.54 Å². The van der Waals surface area contributed by atoms with Crippen molar-refractivity contribution in [3.8, 4) is 0 Å². The molecule has 4 nitrogen and oxygen atoms in total. The van der Waals surface area contributed by atoms with Gasteiger partial charge in [-0.15, -0.1) is 0 Å². The van der Waals surface area contributed by atoms with Gasteiger partial charge in [-0.3, -0.25) is 9.69 Å². The maximum absolute atomic E-state index is 10.9. The summed E-state index contributed by atoms with van der Waals surface area (Å²) in [5.74, 6) is 1.04. The molecule has 0 aromatic carbocycles. The highest BCUT2D eigenvalue weighted by atomic mass is 35.5. The van der Waals surface area contributed by atoms with Gasteiger partial charge in [-0.1, -0.05) is 6.92 Å². The molecule has 1 fully saturated rings. The SMILES string of the molecule is CCN1CCN(Cc2ccc(C(=O)Cl)o2)CC1. The van der Waals surface area contributed by atoms with Crippen LogP contribution in [0.2, 0.25) is 0 Å². The Balaban J connectivity index is 1.86. The van der Waals surface area contributed by atoms with E-state index in [1.54, 1.807) is 6.07 Å². The number of rotatable bonds is 4. The molecule has 0 atom stereocenters. The van der Waals surface area contributed by atoms with Crippen molar-refractivity contribution in [3.05, 3.63) is 23.7 Å². The molecule has 0 unspecified atom stereocenters. The van der Waals surface area contributed by atoms with Crippen LogP contribution < -0.4 is 0 Å². The second-order valence-corrected chi connectivity index (χ2v) is 4.59. The molecule has 5 heteroatoms. The molecular formula is C12H17ClN2O2. The number of furan rings is 1. The number of halogens is 1. The Kier molecular flexibility index (Phi) is 4.20. The highest BCUT2D eigenvalue weighted by molar-refractivity contribution is 6.67. The number of likely N-dealkylation sites (N-methyl/N-ethyl adjacent to an activating group) is 1. The highest BCUT2D eigenvalue weighted by Crippen LogP contribution is 2.13. The largest absolute Gasteiger partial charge is 0.455 e. The van der Waals surface area contributed by atoms with E-state index in [9.17, 15) is 4.79 Å². The van der Waals surface area contributed by atoms with Crippen molar-refractivity contribution < 1.29 is 9.21 Å². The Hall–Kier alpha value is -0.840. The first-order valence-corrected chi connectivity index (χ1v) is 6.30. The fourth-order valence-electron chi connectivity index (χ4n) is 2.05. The van der Waals surface area contributed by atoms with Gasteiger partial charge in [-0.2, -0.15) is 0 Å². The van der Waals surface area contributed by atoms with Crippen molar-refractivity contribution >= 4 is 16.8 Å². The number of piperazine rings is 1. The monoisotopic (exact) mass is 256 g/mol. The van der Waals surface area contributed by atoms with Crippen molar-refractivity contribution in [3.63, 3.8) is 0 Å². The summed E-state index contributed by atoms with van der Waals surface area (Å²) < 4.78 is 5.36. The molecule has 0 radical (unpaired) electrons. The normalized spacial score (nSPS) is 18.5. The molecular weight excluding hydrogens is 240 g/mol. The fraction of sp³-hybridized carbons (Fsp3) is 0.583. The molecule has 0 spiro atoms. The van der Waals surface area contributed by atoms with Crippen molar-refractivity contribution in [2.45, 2.75) is 13.5 Å². The number of carbonyl (C=O) groups is 1. The molecule has 0 amide bonds. The molecule has 2 rings (SSSR count). The van der Waals surface area contributed by atoms with E-state index in [0.29, 0.717) is 0 Å². The lowest BCUT2D eigenvalue weighted by Crippen LogP contribution is -2.45. The predicted octanol–water partition coefficient (Wildman–Crippen LogP) is 1.80. The minimum absolute atomic E-state index is 0.230. The lowest BCUT2D eigenvalue weighted by Gasteiger charge is -2.33. The van der Waals surface area contributed by atoms with E-state index in [1.165, 1.54) is 0 Å². The van der Waals surface area contributed by atoms with Crippen LogP contribution in [0.15, 0.2) is 16.5 Å². The minimum Gasteiger partial charge on any atom is -0.455 e. The third kappa shape index (κ3) is 3.31. The van der Waals surface area contributed by atoms with Crippen LogP contribution in [0.25, 0.3) is 0 Å². The zero-order chi connectivity index (χ0) is 12.3. The van der Waals surface area contributed by atoms with Crippen molar-refractivity contribution in [2.24, 2.45) is 0 Å². The van der Waals surface area contributed by atoms with E-state index in [2.05, 4.69) is 16.7 Å². The molecule has 1 aliphatic heterocycles. The fourth-order valence-corrected chi connectivity index (χ4v) is 2.15. The zero-order valence-corrected chi connectivity index (χ0v) is 10.7. The molecule has 0 aliphatic carbocycles. The van der Waals surface area contributed by atoms with Gasteiger partial charge >= 0.3 is 0 Å². The molecule has 1 aromatic heterocycles. The Morgan fingerprint density at radius 2 is 1.94 bits per heavy atom. The third-order valence-corrected chi connectivity index (χ3v) is 3.33. The summed E-state index contributed by atoms with van der Waals surface area (Å²) in [7, 11) is 0. The van der Waals surface area contributed by atoms with E-state index >= 15 is 0 Å². The number of nitrogens with zero attached hydrogens (tertiary/aromatic N) is 2. The average molecular weight is 257 g/mol. The maximum atomic E-state index is 10.9. The summed E-state index contributed by atoms with van der Waals surface area (Å²) in [6.45, 7) is 8.32. The third-order valence-electron chi connectivity index (χ3n) is 3.15. The summed E-state index contributed by atoms with van der Waals surface area (Å²) in [6, 6.07) is 3.45. The summed E-state index contributed by atoms with van der Waals surface area (Å²) >= 11 is 5.34. The van der Waals surface area contributed by atoms with Gasteiger partial charge < -0.3 is 9.32 Å². The van der Waals surface area contributed by atoms with Crippen LogP contribution in [0, 0.1) is 0 Å². The Morgan fingerprint density at radius 3 is 2.47 bits per heavy atom. The molecule has 94 valence electrons. The van der Waals surface area contributed by atoms with Gasteiger partial charge in [0.25, 0.3) is 5.24 Å². The predicted molar refractivity (Wildman–Crippen MR) is 66.3 cm³/mol. The molecule has 2 heterocycles. The van der Waals surface area contributed by atoms with E-state index in [1.807, 2.05) is 6.07 Å². The summed E-state index contributed by atoms with van der Waals surface area (Å²) in [5, 5.41) is -0.535. The van der Waals surface area contributed by atoms with Gasteiger partial charge in [0.2, 0.25) is 0 Å². The minimum atomic E-state index is -0.535. The first-order chi connectivity index (χ1) is 8.19. The second-order valence-electron chi connectivity index (χ2n) is 4.25. The van der Waals surface area contributed by atoms with Crippen LogP contribution in [-0.2, 0) is 6.54 Å². The zero-order valence-electron chi connectivity index (χ0n) is 9.99. The maximum Gasteiger partial charge on any atom is 0.287 e. The lowest BCUT2D eigenvalue weighted by molar-refractivity contribution is 0.104. The smallest absolute Gasteiger partial charge is 0.287 e. The Morgan fingerprint density at radius 1 is 1.29 bits per heavy atom. The molecule has 0 N–H and O–H groups in total. The quantitative estimate of drug-likeness (QED) is 0.770. The van der Waals surface area contributed by atoms with Crippen LogP contribution in [0.4, 0.5) is 0 Å². The number of hydrogen-bond donors (Lipinski definition) is 0. The average Bonchev–Trinajstić information content (AvgIpc) is 2.79. The first kappa shape index (κ1) is 12.6. The van der Waals surface area contributed by atoms with Gasteiger partial charge in [0.1, 0.15) is 5.76 Å². The molecule has 17 heavy (non-hydrogen) atoms. The standard InChI is InChI=1S/C12H17ClN2O2/c1-2-14-5-7-15(8-6-14)9-10-3-4-11(17-10)12(13)16/h3-4H,2,5-9H2,1H3. The van der Waals surface area contributed by atoms with Crippen molar-refractivity contribution in [2.75, 3.05) is 32.7 Å². The second kappa shape index (κ2) is 5.67. The molecule has 1 aromatic rings. The van der Waals surface area contributed by atoms with Crippen LogP contribution in [-0.4, -0.2) is 47.8 Å². The van der Waals surface area contributed by atoms with E-state index in [0.717, 1.165) is 45.0 Å². The van der Waals surface area contributed by atoms with Crippen LogP contribution in [0.1, 0.15) is 23.2 Å². The van der Waals surface area contributed by atoms with Gasteiger partial charge in [0, 0.05) is 26.2 Å². The van der Waals surface area contributed by atoms with E-state index < -0.39 is 5.24 Å². The van der Waals surface area contributed by atoms with Gasteiger partial charge in [-0.25, -0.2) is 0 Å². The highest BCUT2D eigenvalue weighted by Gasteiger charge is 2.17. The first-order valence-electron chi connectivity index (χ1n) is 5.92. The molecule has 1 aliphatic rings. The number of hydrogen-bond acceptors (Lipinski definition) is 4. The van der Waals surface area contributed by atoms with E-state index in [4.69, 9.17) is 16.0 Å². The Labute approximate surface area is 106 Å². The van der Waals surface area contributed by atoms with Crippen LogP contribution in [0.5, 0.6) is 0 Å². The van der Waals surface area contributed by atoms with Crippen LogP contribution in [0.3, 0.4) is 0 Å². The van der Waals surface area contributed by atoms with Crippen LogP contribution >= 0.6 is 11.6 Å². The summed E-state index contributed by atoms with van der Waals surface area (Å²) in [5.41, 5.74) is 0. The summed E-state index contributed by atoms with van der Waals surface area (Å²) in [6.07, 6.45) is 0. The molecule has 0 saturated carbocycles. The topological polar surface area (TPSA) is 36.7 Å². The number of carbonyl (C=O) groups excluding carboxylic acids is 1. The molecule has 1 saturated heterocycles. The molecule has 0 bridgehead atoms. The Bertz CT molecular complexity index is 384. The lowest BCUT2D eigenvalue weighted by atomic mass is 10.3. The van der Waals surface area contributed by atoms with Crippen molar-refractivity contribution in [1.29, 1.82) is 0 Å². The van der Waals surface area contributed by atoms with Crippen molar-refractivity contribution in [1.82, 2.24) is 9.80 Å². The van der Waals surface area contributed by atoms with Gasteiger partial charge in [0.15, 0.2) is 5.76 Å². The van der Waals surface area contributed by atoms with Gasteiger partial charge in [-0.05, 0) is 30.3 Å². The van der Waals surface area contributed by atoms with E-state index in [-0.39, 0.29) is 5.76 Å². The summed E-state index contributed by atoms with van der Waals surface area (Å²) in [4.78, 5) is 15.6.